The highest BCUT2D eigenvalue weighted by Gasteiger charge is 2.69. The molecule has 0 saturated heterocycles. The fourth-order valence-electron chi connectivity index (χ4n) is 12.3. The molecule has 1 N–H and O–H groups in total. The van der Waals surface area contributed by atoms with Crippen LogP contribution in [0.25, 0.3) is 0 Å². The van der Waals surface area contributed by atoms with Gasteiger partial charge in [-0.05, 0) is 115 Å². The molecule has 0 unspecified atom stereocenters. The number of carboxylic acids is 1. The summed E-state index contributed by atoms with van der Waals surface area (Å²) < 4.78 is 11.6. The summed E-state index contributed by atoms with van der Waals surface area (Å²) in [5.74, 6) is 3.66. The van der Waals surface area contributed by atoms with Gasteiger partial charge in [0.1, 0.15) is 6.61 Å². The third-order valence-corrected chi connectivity index (χ3v) is 15.1. The van der Waals surface area contributed by atoms with E-state index in [2.05, 4.69) is 60.7 Å². The van der Waals surface area contributed by atoms with Crippen molar-refractivity contribution in [2.24, 2.45) is 51.2 Å². The van der Waals surface area contributed by atoms with E-state index in [1.54, 1.807) is 7.11 Å². The normalized spacial score (nSPS) is 40.6. The fourth-order valence-corrected chi connectivity index (χ4v) is 12.3. The van der Waals surface area contributed by atoms with Gasteiger partial charge in [-0.25, -0.2) is 9.97 Å². The molecule has 46 heavy (non-hydrogen) atoms. The minimum Gasteiger partial charge on any atom is -0.493 e. The monoisotopic (exact) mass is 626 g/mol. The van der Waals surface area contributed by atoms with Crippen LogP contribution in [0.1, 0.15) is 110 Å². The Hall–Kier alpha value is -2.89. The van der Waals surface area contributed by atoms with Crippen molar-refractivity contribution in [2.45, 2.75) is 112 Å². The highest BCUT2D eigenvalue weighted by atomic mass is 16.5. The molecule has 2 aromatic rings. The van der Waals surface area contributed by atoms with Gasteiger partial charge >= 0.3 is 5.97 Å². The van der Waals surface area contributed by atoms with Gasteiger partial charge in [-0.1, -0.05) is 72.2 Å². The Morgan fingerprint density at radius 3 is 2.43 bits per heavy atom. The first-order valence-corrected chi connectivity index (χ1v) is 17.8. The van der Waals surface area contributed by atoms with Crippen molar-refractivity contribution < 1.29 is 19.4 Å². The number of carbonyl (C=O) groups is 1. The number of rotatable bonds is 5. The third kappa shape index (κ3) is 4.16. The number of ether oxygens (including phenoxy) is 2. The molecule has 1 heterocycles. The summed E-state index contributed by atoms with van der Waals surface area (Å²) in [6, 6.07) is 7.70. The summed E-state index contributed by atoms with van der Waals surface area (Å²) >= 11 is 0. The predicted octanol–water partition coefficient (Wildman–Crippen LogP) is 8.82. The Morgan fingerprint density at radius 1 is 0.978 bits per heavy atom. The lowest BCUT2D eigenvalue weighted by Crippen LogP contribution is -2.65. The van der Waals surface area contributed by atoms with Gasteiger partial charge in [-0.2, -0.15) is 0 Å². The standard InChI is InChI=1S/C40H54N2O4/c1-24-15-18-40(35(43)44)20-19-38(6)27(33(40)25(24)2)13-14-31-37(5)21-26-22-41-32(23-46-29-12-10-9-11-28(29)45-8)42-34(26)36(3,4)30(37)16-17-39(31,38)7/h9-13,22,24-25,30-31,33H,14-21,23H2,1-8H3,(H,43,44)/t24-,25+,30+,31-,33+,37+,38-,39-,40+/m1/s1. The smallest absolute Gasteiger partial charge is 0.310 e. The lowest BCUT2D eigenvalue weighted by molar-refractivity contribution is -0.179. The molecule has 0 spiro atoms. The molecule has 0 radical (unpaired) electrons. The Bertz CT molecular complexity index is 1580. The Balaban J connectivity index is 1.23. The van der Waals surface area contributed by atoms with Gasteiger partial charge < -0.3 is 14.6 Å². The maximum absolute atomic E-state index is 13.0. The molecule has 0 bridgehead atoms. The van der Waals surface area contributed by atoms with Gasteiger partial charge in [0.2, 0.25) is 0 Å². The molecule has 6 heteroatoms. The second-order valence-electron chi connectivity index (χ2n) is 17.1. The van der Waals surface area contributed by atoms with E-state index in [9.17, 15) is 9.90 Å². The van der Waals surface area contributed by atoms with Crippen molar-refractivity contribution in [1.82, 2.24) is 9.97 Å². The van der Waals surface area contributed by atoms with Crippen LogP contribution in [0.5, 0.6) is 11.5 Å². The molecule has 0 aliphatic heterocycles. The molecule has 248 valence electrons. The van der Waals surface area contributed by atoms with E-state index >= 15 is 0 Å². The largest absolute Gasteiger partial charge is 0.493 e. The number of nitrogens with zero attached hydrogens (tertiary/aromatic N) is 2. The van der Waals surface area contributed by atoms with Crippen molar-refractivity contribution in [2.75, 3.05) is 7.11 Å². The Morgan fingerprint density at radius 2 is 1.72 bits per heavy atom. The van der Waals surface area contributed by atoms with Gasteiger partial charge in [0.25, 0.3) is 0 Å². The first kappa shape index (κ1) is 31.7. The third-order valence-electron chi connectivity index (χ3n) is 15.1. The second-order valence-corrected chi connectivity index (χ2v) is 17.1. The molecule has 1 aromatic heterocycles. The van der Waals surface area contributed by atoms with E-state index in [-0.39, 0.29) is 27.6 Å². The van der Waals surface area contributed by atoms with Crippen LogP contribution in [0, 0.1) is 51.2 Å². The van der Waals surface area contributed by atoms with E-state index in [1.165, 1.54) is 23.3 Å². The highest BCUT2D eigenvalue weighted by Crippen LogP contribution is 2.75. The minimum atomic E-state index is -0.599. The van der Waals surface area contributed by atoms with Crippen molar-refractivity contribution in [3.05, 3.63) is 59.2 Å². The van der Waals surface area contributed by atoms with E-state index < -0.39 is 11.4 Å². The molecular weight excluding hydrogens is 572 g/mol. The van der Waals surface area contributed by atoms with E-state index in [0.717, 1.165) is 44.9 Å². The van der Waals surface area contributed by atoms with Crippen LogP contribution in [0.4, 0.5) is 0 Å². The van der Waals surface area contributed by atoms with Crippen LogP contribution in [0.3, 0.4) is 0 Å². The zero-order chi connectivity index (χ0) is 32.9. The maximum Gasteiger partial charge on any atom is 0.310 e. The molecular formula is C40H54N2O4. The van der Waals surface area contributed by atoms with Gasteiger partial charge in [0.15, 0.2) is 17.3 Å². The number of aromatic nitrogens is 2. The zero-order valence-corrected chi connectivity index (χ0v) is 29.3. The maximum atomic E-state index is 13.0. The number of para-hydroxylation sites is 2. The number of allylic oxidation sites excluding steroid dienone is 2. The van der Waals surface area contributed by atoms with Gasteiger partial charge in [-0.15, -0.1) is 0 Å². The number of fused-ring (bicyclic) bond motifs is 8. The van der Waals surface area contributed by atoms with Gasteiger partial charge in [0, 0.05) is 11.6 Å². The number of methoxy groups -OCH3 is 1. The van der Waals surface area contributed by atoms with Crippen molar-refractivity contribution in [1.29, 1.82) is 0 Å². The van der Waals surface area contributed by atoms with E-state index in [0.29, 0.717) is 47.6 Å². The van der Waals surface area contributed by atoms with Crippen LogP contribution >= 0.6 is 0 Å². The molecule has 9 atom stereocenters. The summed E-state index contributed by atoms with van der Waals surface area (Å²) in [7, 11) is 1.66. The summed E-state index contributed by atoms with van der Waals surface area (Å²) in [6.07, 6.45) is 12.7. The molecule has 0 amide bonds. The van der Waals surface area contributed by atoms with Crippen LogP contribution < -0.4 is 9.47 Å². The lowest BCUT2D eigenvalue weighted by Gasteiger charge is -2.70. The van der Waals surface area contributed by atoms with Crippen LogP contribution in [-0.2, 0) is 23.2 Å². The molecule has 1 aromatic carbocycles. The van der Waals surface area contributed by atoms with Crippen LogP contribution in [0.15, 0.2) is 42.1 Å². The topological polar surface area (TPSA) is 81.5 Å². The van der Waals surface area contributed by atoms with Crippen LogP contribution in [0.2, 0.25) is 0 Å². The number of hydrogen-bond acceptors (Lipinski definition) is 5. The molecule has 3 saturated carbocycles. The van der Waals surface area contributed by atoms with E-state index in [4.69, 9.17) is 19.4 Å². The first-order chi connectivity index (χ1) is 21.7. The molecule has 5 aliphatic carbocycles. The number of benzene rings is 1. The average Bonchev–Trinajstić information content (AvgIpc) is 3.02. The van der Waals surface area contributed by atoms with Crippen molar-refractivity contribution >= 4 is 5.97 Å². The predicted molar refractivity (Wildman–Crippen MR) is 180 cm³/mol. The number of carboxylic acid groups (broad SMARTS) is 1. The van der Waals surface area contributed by atoms with Crippen LogP contribution in [-0.4, -0.2) is 28.2 Å². The molecule has 7 rings (SSSR count). The van der Waals surface area contributed by atoms with Gasteiger partial charge in [-0.3, -0.25) is 4.79 Å². The summed E-state index contributed by atoms with van der Waals surface area (Å²) in [5.41, 5.74) is 3.48. The quantitative estimate of drug-likeness (QED) is 0.334. The van der Waals surface area contributed by atoms with Gasteiger partial charge in [0.05, 0.1) is 18.2 Å². The second kappa shape index (κ2) is 10.6. The van der Waals surface area contributed by atoms with E-state index in [1.807, 2.05) is 24.3 Å². The summed E-state index contributed by atoms with van der Waals surface area (Å²) in [4.78, 5) is 23.1. The average molecular weight is 627 g/mol. The summed E-state index contributed by atoms with van der Waals surface area (Å²) in [6.45, 7) is 17.5. The minimum absolute atomic E-state index is 0.0133. The number of aliphatic carboxylic acids is 1. The highest BCUT2D eigenvalue weighted by molar-refractivity contribution is 5.76. The Kier molecular flexibility index (Phi) is 7.27. The van der Waals surface area contributed by atoms with Crippen molar-refractivity contribution in [3.63, 3.8) is 0 Å². The lowest BCUT2D eigenvalue weighted by atomic mass is 9.33. The zero-order valence-electron chi connectivity index (χ0n) is 29.3. The van der Waals surface area contributed by atoms with Crippen molar-refractivity contribution in [3.8, 4) is 11.5 Å². The first-order valence-electron chi connectivity index (χ1n) is 17.8. The fraction of sp³-hybridized carbons (Fsp3) is 0.675. The summed E-state index contributed by atoms with van der Waals surface area (Å²) in [5, 5.41) is 10.7. The Labute approximate surface area is 275 Å². The SMILES string of the molecule is COc1ccccc1OCc1ncc2c(n1)C(C)(C)[C@@H]1CC[C@]3(C)[C@H](CC=C4[C@@H]5[C@@H](C)[C@H](C)CC[C@]5(C(=O)O)CC[C@]43C)[C@@]1(C)C2. The molecule has 3 fully saturated rings. The number of hydrogen-bond donors (Lipinski definition) is 1. The molecule has 6 nitrogen and oxygen atoms in total. The molecule has 5 aliphatic rings.